The average Bonchev–Trinajstić information content (AvgIpc) is 1.82. The Bertz CT molecular complexity index is 146. The van der Waals surface area contributed by atoms with Gasteiger partial charge in [-0.1, -0.05) is 12.7 Å². The molecule has 0 rings (SSSR count). The van der Waals surface area contributed by atoms with E-state index in [1.54, 1.807) is 0 Å². The maximum atomic E-state index is 10.1. The number of carboxylic acid groups (broad SMARTS) is 1. The van der Waals surface area contributed by atoms with Crippen LogP contribution in [0.1, 0.15) is 0 Å². The van der Waals surface area contributed by atoms with Gasteiger partial charge in [-0.15, -0.1) is 0 Å². The molecule has 0 spiro atoms. The Morgan fingerprint density at radius 3 is 2.44 bits per heavy atom. The summed E-state index contributed by atoms with van der Waals surface area (Å²) in [6.45, 7) is 3.27. The van der Waals surface area contributed by atoms with Crippen molar-refractivity contribution in [3.8, 4) is 0 Å². The van der Waals surface area contributed by atoms with Crippen molar-refractivity contribution < 1.29 is 14.6 Å². The van der Waals surface area contributed by atoms with E-state index < -0.39 is 5.97 Å². The molecular formula is C6H8O3. The van der Waals surface area contributed by atoms with E-state index in [0.29, 0.717) is 0 Å². The largest absolute Gasteiger partial charge is 0.503 e. The van der Waals surface area contributed by atoms with Crippen molar-refractivity contribution in [2.75, 3.05) is 7.11 Å². The first-order valence-electron chi connectivity index (χ1n) is 2.31. The van der Waals surface area contributed by atoms with Gasteiger partial charge in [-0.05, 0) is 0 Å². The number of hydrogen-bond donors (Lipinski definition) is 1. The standard InChI is InChI=1S/C6H8O3/c1-3-5(4-9-2)6(7)8/h3-4H,1H2,2H3,(H,7,8)/b5-4+. The van der Waals surface area contributed by atoms with Crippen molar-refractivity contribution in [2.45, 2.75) is 0 Å². The van der Waals surface area contributed by atoms with Gasteiger partial charge in [-0.2, -0.15) is 0 Å². The highest BCUT2D eigenvalue weighted by molar-refractivity contribution is 5.89. The number of ether oxygens (including phenoxy) is 1. The minimum atomic E-state index is -1.04. The van der Waals surface area contributed by atoms with Crippen molar-refractivity contribution in [1.29, 1.82) is 0 Å². The van der Waals surface area contributed by atoms with Crippen molar-refractivity contribution in [1.82, 2.24) is 0 Å². The second kappa shape index (κ2) is 3.72. The second-order valence-electron chi connectivity index (χ2n) is 1.32. The molecule has 9 heavy (non-hydrogen) atoms. The lowest BCUT2D eigenvalue weighted by molar-refractivity contribution is -0.132. The van der Waals surface area contributed by atoms with E-state index in [1.807, 2.05) is 0 Å². The van der Waals surface area contributed by atoms with Gasteiger partial charge in [-0.3, -0.25) is 0 Å². The van der Waals surface area contributed by atoms with Crippen LogP contribution in [0.2, 0.25) is 0 Å². The molecule has 0 unspecified atom stereocenters. The van der Waals surface area contributed by atoms with Gasteiger partial charge < -0.3 is 9.84 Å². The van der Waals surface area contributed by atoms with Gasteiger partial charge in [0.05, 0.1) is 18.9 Å². The summed E-state index contributed by atoms with van der Waals surface area (Å²) in [7, 11) is 1.38. The van der Waals surface area contributed by atoms with Crippen LogP contribution in [0.25, 0.3) is 0 Å². The molecule has 3 heteroatoms. The number of rotatable bonds is 3. The maximum absolute atomic E-state index is 10.1. The molecule has 50 valence electrons. The zero-order valence-electron chi connectivity index (χ0n) is 5.13. The smallest absolute Gasteiger partial charge is 0.338 e. The Balaban J connectivity index is 4.14. The molecule has 3 nitrogen and oxygen atoms in total. The van der Waals surface area contributed by atoms with E-state index in [4.69, 9.17) is 5.11 Å². The molecule has 0 aliphatic carbocycles. The van der Waals surface area contributed by atoms with Crippen LogP contribution in [0, 0.1) is 0 Å². The first kappa shape index (κ1) is 7.75. The van der Waals surface area contributed by atoms with Crippen LogP contribution >= 0.6 is 0 Å². The molecule has 0 aromatic heterocycles. The van der Waals surface area contributed by atoms with Gasteiger partial charge in [-0.25, -0.2) is 4.79 Å². The van der Waals surface area contributed by atoms with Gasteiger partial charge in [0.15, 0.2) is 0 Å². The van der Waals surface area contributed by atoms with Gasteiger partial charge in [0.25, 0.3) is 0 Å². The van der Waals surface area contributed by atoms with Crippen molar-refractivity contribution >= 4 is 5.97 Å². The van der Waals surface area contributed by atoms with Crippen molar-refractivity contribution in [3.63, 3.8) is 0 Å². The summed E-state index contributed by atoms with van der Waals surface area (Å²) < 4.78 is 4.44. The fraction of sp³-hybridized carbons (Fsp3) is 0.167. The van der Waals surface area contributed by atoms with E-state index in [2.05, 4.69) is 11.3 Å². The Morgan fingerprint density at radius 2 is 2.33 bits per heavy atom. The van der Waals surface area contributed by atoms with Crippen LogP contribution in [0.15, 0.2) is 24.5 Å². The van der Waals surface area contributed by atoms with Crippen LogP contribution in [0.3, 0.4) is 0 Å². The number of carboxylic acids is 1. The fourth-order valence-electron chi connectivity index (χ4n) is 0.313. The summed E-state index contributed by atoms with van der Waals surface area (Å²) in [6, 6.07) is 0. The molecule has 0 aromatic carbocycles. The Hall–Kier alpha value is -1.25. The van der Waals surface area contributed by atoms with Crippen LogP contribution < -0.4 is 0 Å². The van der Waals surface area contributed by atoms with Crippen LogP contribution in [-0.2, 0) is 9.53 Å². The SMILES string of the molecule is C=C/C(=C\OC)C(=O)O. The van der Waals surface area contributed by atoms with E-state index >= 15 is 0 Å². The number of carbonyl (C=O) groups is 1. The van der Waals surface area contributed by atoms with E-state index in [1.165, 1.54) is 13.2 Å². The molecule has 0 bridgehead atoms. The second-order valence-corrected chi connectivity index (χ2v) is 1.32. The minimum Gasteiger partial charge on any atom is -0.503 e. The van der Waals surface area contributed by atoms with Crippen LogP contribution in [-0.4, -0.2) is 18.2 Å². The molecule has 0 aliphatic heterocycles. The van der Waals surface area contributed by atoms with Gasteiger partial charge in [0.2, 0.25) is 0 Å². The normalized spacial score (nSPS) is 10.6. The Kier molecular flexibility index (Phi) is 3.20. The highest BCUT2D eigenvalue weighted by atomic mass is 16.5. The molecule has 0 fully saturated rings. The van der Waals surface area contributed by atoms with Crippen molar-refractivity contribution in [3.05, 3.63) is 24.5 Å². The first-order valence-corrected chi connectivity index (χ1v) is 2.31. The molecule has 0 saturated carbocycles. The van der Waals surface area contributed by atoms with Gasteiger partial charge in [0, 0.05) is 0 Å². The summed E-state index contributed by atoms with van der Waals surface area (Å²) in [5.41, 5.74) is 0.0532. The van der Waals surface area contributed by atoms with Crippen molar-refractivity contribution in [2.24, 2.45) is 0 Å². The molecular weight excluding hydrogens is 120 g/mol. The third-order valence-corrected chi connectivity index (χ3v) is 0.712. The number of methoxy groups -OCH3 is 1. The Morgan fingerprint density at radius 1 is 1.78 bits per heavy atom. The third-order valence-electron chi connectivity index (χ3n) is 0.712. The highest BCUT2D eigenvalue weighted by Gasteiger charge is 1.99. The van der Waals surface area contributed by atoms with E-state index in [-0.39, 0.29) is 5.57 Å². The zero-order chi connectivity index (χ0) is 7.28. The molecule has 1 N–H and O–H groups in total. The molecule has 0 aliphatic rings. The topological polar surface area (TPSA) is 46.5 Å². The maximum Gasteiger partial charge on any atom is 0.338 e. The quantitative estimate of drug-likeness (QED) is 0.347. The molecule has 0 amide bonds. The van der Waals surface area contributed by atoms with Gasteiger partial charge in [0.1, 0.15) is 0 Å². The monoisotopic (exact) mass is 128 g/mol. The van der Waals surface area contributed by atoms with Gasteiger partial charge >= 0.3 is 5.97 Å². The van der Waals surface area contributed by atoms with E-state index in [9.17, 15) is 4.79 Å². The summed E-state index contributed by atoms with van der Waals surface area (Å²) >= 11 is 0. The number of aliphatic carboxylic acids is 1. The summed E-state index contributed by atoms with van der Waals surface area (Å²) in [5.74, 6) is -1.04. The summed E-state index contributed by atoms with van der Waals surface area (Å²) in [6.07, 6.45) is 2.33. The molecule has 0 saturated heterocycles. The lowest BCUT2D eigenvalue weighted by Gasteiger charge is -1.91. The lowest BCUT2D eigenvalue weighted by atomic mass is 10.3. The molecule has 0 heterocycles. The minimum absolute atomic E-state index is 0.0532. The zero-order valence-corrected chi connectivity index (χ0v) is 5.13. The van der Waals surface area contributed by atoms with E-state index in [0.717, 1.165) is 6.26 Å². The summed E-state index contributed by atoms with van der Waals surface area (Å²) in [5, 5.41) is 8.28. The highest BCUT2D eigenvalue weighted by Crippen LogP contribution is 1.93. The fourth-order valence-corrected chi connectivity index (χ4v) is 0.313. The summed E-state index contributed by atoms with van der Waals surface area (Å²) in [4.78, 5) is 10.1. The van der Waals surface area contributed by atoms with Crippen LogP contribution in [0.4, 0.5) is 0 Å². The Labute approximate surface area is 53.3 Å². The van der Waals surface area contributed by atoms with Crippen LogP contribution in [0.5, 0.6) is 0 Å². The molecule has 0 aromatic rings. The number of hydrogen-bond acceptors (Lipinski definition) is 2. The lowest BCUT2D eigenvalue weighted by Crippen LogP contribution is -1.97. The molecule has 0 atom stereocenters. The predicted octanol–water partition coefficient (Wildman–Crippen LogP) is 0.787. The predicted molar refractivity (Wildman–Crippen MR) is 32.9 cm³/mol. The third kappa shape index (κ3) is 2.54. The first-order chi connectivity index (χ1) is 4.22. The molecule has 0 radical (unpaired) electrons. The average molecular weight is 128 g/mol.